The molecule has 0 aliphatic rings. The number of likely N-dealkylation sites (N-methyl/N-ethyl adjacent to an activating group) is 1. The molecule has 1 heterocycles. The number of amides is 1. The Morgan fingerprint density at radius 2 is 2.38 bits per heavy atom. The first kappa shape index (κ1) is 13.1. The van der Waals surface area contributed by atoms with E-state index in [-0.39, 0.29) is 11.9 Å². The van der Waals surface area contributed by atoms with Gasteiger partial charge in [-0.1, -0.05) is 6.92 Å². The molecule has 0 radical (unpaired) electrons. The summed E-state index contributed by atoms with van der Waals surface area (Å²) >= 11 is 1.48. The molecule has 1 rings (SSSR count). The summed E-state index contributed by atoms with van der Waals surface area (Å²) in [5.74, 6) is -0.0260. The van der Waals surface area contributed by atoms with E-state index >= 15 is 0 Å². The number of carbonyl (C=O) groups excluding carboxylic acids is 1. The van der Waals surface area contributed by atoms with Crippen molar-refractivity contribution in [3.63, 3.8) is 0 Å². The summed E-state index contributed by atoms with van der Waals surface area (Å²) < 4.78 is 0. The van der Waals surface area contributed by atoms with E-state index in [9.17, 15) is 4.79 Å². The summed E-state index contributed by atoms with van der Waals surface area (Å²) in [7, 11) is 1.88. The highest BCUT2D eigenvalue weighted by atomic mass is 32.1. The number of hydrogen-bond donors (Lipinski definition) is 2. The van der Waals surface area contributed by atoms with Crippen LogP contribution in [0.1, 0.15) is 34.9 Å². The van der Waals surface area contributed by atoms with Gasteiger partial charge in [0.05, 0.1) is 11.2 Å². The lowest BCUT2D eigenvalue weighted by Crippen LogP contribution is -2.36. The molecule has 4 nitrogen and oxygen atoms in total. The fourth-order valence-electron chi connectivity index (χ4n) is 1.18. The zero-order valence-corrected chi connectivity index (χ0v) is 10.9. The Hall–Kier alpha value is -0.940. The van der Waals surface area contributed by atoms with Gasteiger partial charge >= 0.3 is 0 Å². The molecule has 90 valence electrons. The molecular formula is C11H19N3OS. The molecule has 0 fully saturated rings. The fraction of sp³-hybridized carbons (Fsp3) is 0.636. The van der Waals surface area contributed by atoms with E-state index in [0.717, 1.165) is 17.8 Å². The van der Waals surface area contributed by atoms with Crippen molar-refractivity contribution in [2.24, 2.45) is 0 Å². The molecule has 0 aliphatic heterocycles. The zero-order chi connectivity index (χ0) is 12.0. The minimum Gasteiger partial charge on any atom is -0.350 e. The van der Waals surface area contributed by atoms with E-state index in [1.807, 2.05) is 14.0 Å². The van der Waals surface area contributed by atoms with E-state index in [1.165, 1.54) is 11.3 Å². The Morgan fingerprint density at radius 3 is 3.00 bits per heavy atom. The molecule has 16 heavy (non-hydrogen) atoms. The predicted molar refractivity (Wildman–Crippen MR) is 67.0 cm³/mol. The number of aryl methyl sites for hydroxylation is 1. The van der Waals surface area contributed by atoms with Gasteiger partial charge in [0.25, 0.3) is 5.91 Å². The van der Waals surface area contributed by atoms with Gasteiger partial charge in [-0.2, -0.15) is 0 Å². The summed E-state index contributed by atoms with van der Waals surface area (Å²) in [6, 6.07) is 0.284. The Bertz CT molecular complexity index is 338. The minimum absolute atomic E-state index is 0.0260. The lowest BCUT2D eigenvalue weighted by atomic mass is 10.3. The quantitative estimate of drug-likeness (QED) is 0.792. The van der Waals surface area contributed by atoms with Crippen LogP contribution >= 0.6 is 11.3 Å². The van der Waals surface area contributed by atoms with Crippen molar-refractivity contribution < 1.29 is 4.79 Å². The lowest BCUT2D eigenvalue weighted by Gasteiger charge is -2.10. The lowest BCUT2D eigenvalue weighted by molar-refractivity contribution is 0.0954. The van der Waals surface area contributed by atoms with Crippen molar-refractivity contribution in [3.05, 3.63) is 16.1 Å². The third-order valence-corrected chi connectivity index (χ3v) is 3.36. The molecule has 1 aromatic heterocycles. The topological polar surface area (TPSA) is 54.0 Å². The Balaban J connectivity index is 2.46. The van der Waals surface area contributed by atoms with Crippen LogP contribution < -0.4 is 10.6 Å². The second kappa shape index (κ2) is 6.60. The average molecular weight is 241 g/mol. The summed E-state index contributed by atoms with van der Waals surface area (Å²) in [6.45, 7) is 4.77. The molecular weight excluding hydrogens is 222 g/mol. The number of rotatable bonds is 6. The van der Waals surface area contributed by atoms with Crippen molar-refractivity contribution in [2.45, 2.75) is 32.7 Å². The first-order valence-electron chi connectivity index (χ1n) is 5.57. The first-order chi connectivity index (χ1) is 7.67. The van der Waals surface area contributed by atoms with Crippen LogP contribution in [0.4, 0.5) is 0 Å². The van der Waals surface area contributed by atoms with E-state index < -0.39 is 0 Å². The maximum atomic E-state index is 11.7. The summed E-state index contributed by atoms with van der Waals surface area (Å²) in [6.07, 6.45) is 3.67. The van der Waals surface area contributed by atoms with Crippen LogP contribution in [-0.2, 0) is 6.42 Å². The van der Waals surface area contributed by atoms with Crippen molar-refractivity contribution >= 4 is 17.2 Å². The molecule has 0 aliphatic carbocycles. The zero-order valence-electron chi connectivity index (χ0n) is 10.0. The van der Waals surface area contributed by atoms with Crippen LogP contribution in [0.2, 0.25) is 0 Å². The molecule has 1 amide bonds. The summed E-state index contributed by atoms with van der Waals surface area (Å²) in [5, 5.41) is 6.98. The van der Waals surface area contributed by atoms with Crippen molar-refractivity contribution in [3.8, 4) is 0 Å². The second-order valence-corrected chi connectivity index (χ2v) is 4.88. The molecule has 0 saturated carbocycles. The Labute approximate surface area is 100 Å². The molecule has 1 aromatic rings. The van der Waals surface area contributed by atoms with Crippen LogP contribution in [0.5, 0.6) is 0 Å². The number of carbonyl (C=O) groups is 1. The van der Waals surface area contributed by atoms with Gasteiger partial charge in [-0.15, -0.1) is 11.3 Å². The normalized spacial score (nSPS) is 12.4. The monoisotopic (exact) mass is 241 g/mol. The largest absolute Gasteiger partial charge is 0.350 e. The highest BCUT2D eigenvalue weighted by molar-refractivity contribution is 7.13. The maximum Gasteiger partial charge on any atom is 0.263 e. The molecule has 2 N–H and O–H groups in total. The minimum atomic E-state index is -0.0260. The third kappa shape index (κ3) is 3.90. The van der Waals surface area contributed by atoms with E-state index in [1.54, 1.807) is 6.20 Å². The van der Waals surface area contributed by atoms with Gasteiger partial charge in [-0.25, -0.2) is 4.98 Å². The van der Waals surface area contributed by atoms with Crippen molar-refractivity contribution in [1.29, 1.82) is 0 Å². The van der Waals surface area contributed by atoms with Crippen LogP contribution in [0.15, 0.2) is 6.20 Å². The highest BCUT2D eigenvalue weighted by Gasteiger charge is 2.10. The van der Waals surface area contributed by atoms with E-state index in [2.05, 4.69) is 22.5 Å². The predicted octanol–water partition coefficient (Wildman–Crippen LogP) is 1.43. The highest BCUT2D eigenvalue weighted by Crippen LogP contribution is 2.14. The van der Waals surface area contributed by atoms with Gasteiger partial charge in [-0.3, -0.25) is 4.79 Å². The van der Waals surface area contributed by atoms with Crippen LogP contribution in [0, 0.1) is 0 Å². The number of hydrogen-bond acceptors (Lipinski definition) is 4. The van der Waals surface area contributed by atoms with Gasteiger partial charge in [0, 0.05) is 12.6 Å². The number of thiazole rings is 1. The smallest absolute Gasteiger partial charge is 0.263 e. The Kier molecular flexibility index (Phi) is 5.42. The number of nitrogens with one attached hydrogen (secondary N) is 2. The molecule has 0 spiro atoms. The van der Waals surface area contributed by atoms with Crippen molar-refractivity contribution in [1.82, 2.24) is 15.6 Å². The molecule has 5 heteroatoms. The third-order valence-electron chi connectivity index (χ3n) is 2.30. The molecule has 0 saturated heterocycles. The first-order valence-corrected chi connectivity index (χ1v) is 6.39. The molecule has 1 atom stereocenters. The van der Waals surface area contributed by atoms with Crippen LogP contribution in [-0.4, -0.2) is 30.5 Å². The molecule has 0 bridgehead atoms. The molecule has 1 unspecified atom stereocenters. The average Bonchev–Trinajstić information content (AvgIpc) is 2.74. The van der Waals surface area contributed by atoms with Crippen molar-refractivity contribution in [2.75, 3.05) is 13.6 Å². The Morgan fingerprint density at radius 1 is 1.62 bits per heavy atom. The number of nitrogens with zero attached hydrogens (tertiary/aromatic N) is 1. The van der Waals surface area contributed by atoms with Gasteiger partial charge < -0.3 is 10.6 Å². The van der Waals surface area contributed by atoms with Gasteiger partial charge in [0.15, 0.2) is 0 Å². The SMILES string of the molecule is CCCc1ncc(C(=O)NCC(C)NC)s1. The van der Waals surface area contributed by atoms with Gasteiger partial charge in [0.1, 0.15) is 4.88 Å². The summed E-state index contributed by atoms with van der Waals surface area (Å²) in [4.78, 5) is 16.6. The van der Waals surface area contributed by atoms with Gasteiger partial charge in [-0.05, 0) is 26.8 Å². The summed E-state index contributed by atoms with van der Waals surface area (Å²) in [5.41, 5.74) is 0. The fourth-order valence-corrected chi connectivity index (χ4v) is 2.12. The number of aromatic nitrogens is 1. The standard InChI is InChI=1S/C11H19N3OS/c1-4-5-10-13-7-9(16-10)11(15)14-6-8(2)12-3/h7-8,12H,4-6H2,1-3H3,(H,14,15). The maximum absolute atomic E-state index is 11.7. The van der Waals surface area contributed by atoms with Crippen LogP contribution in [0.25, 0.3) is 0 Å². The van der Waals surface area contributed by atoms with E-state index in [4.69, 9.17) is 0 Å². The van der Waals surface area contributed by atoms with E-state index in [0.29, 0.717) is 11.4 Å². The van der Waals surface area contributed by atoms with Crippen LogP contribution in [0.3, 0.4) is 0 Å². The van der Waals surface area contributed by atoms with Gasteiger partial charge in [0.2, 0.25) is 0 Å². The molecule has 0 aromatic carbocycles. The second-order valence-electron chi connectivity index (χ2n) is 3.77.